The number of aromatic amines is 2. The number of hydrogen-bond donors (Lipinski definition) is 4. The van der Waals surface area contributed by atoms with E-state index in [2.05, 4.69) is 61.2 Å². The molecule has 2 aliphatic rings. The van der Waals surface area contributed by atoms with E-state index in [0.29, 0.717) is 36.1 Å². The third kappa shape index (κ3) is 9.38. The minimum absolute atomic E-state index is 0.116. The van der Waals surface area contributed by atoms with Crippen molar-refractivity contribution < 1.29 is 28.7 Å². The summed E-state index contributed by atoms with van der Waals surface area (Å²) in [5, 5.41) is 5.34. The number of likely N-dealkylation sites (tertiary alicyclic amines) is 2. The molecule has 4 amide bonds. The number of hydrogen-bond acceptors (Lipinski definition) is 8. The summed E-state index contributed by atoms with van der Waals surface area (Å²) in [6.07, 6.45) is 4.38. The second-order valence-electron chi connectivity index (χ2n) is 14.2. The lowest BCUT2D eigenvalue weighted by molar-refractivity contribution is -0.136. The van der Waals surface area contributed by atoms with Crippen LogP contribution in [0.3, 0.4) is 0 Å². The second-order valence-corrected chi connectivity index (χ2v) is 14.2. The zero-order valence-corrected chi connectivity index (χ0v) is 31.3. The van der Waals surface area contributed by atoms with Crippen molar-refractivity contribution in [3.05, 3.63) is 70.8 Å². The Kier molecular flexibility index (Phi) is 12.5. The summed E-state index contributed by atoms with van der Waals surface area (Å²) in [7, 11) is 2.55. The Bertz CT molecular complexity index is 1910. The second kappa shape index (κ2) is 17.2. The van der Waals surface area contributed by atoms with Gasteiger partial charge in [-0.15, -0.1) is 0 Å². The molecule has 4 N–H and O–H groups in total. The fourth-order valence-electron chi connectivity index (χ4n) is 6.67. The van der Waals surface area contributed by atoms with E-state index in [1.165, 1.54) is 14.2 Å². The van der Waals surface area contributed by atoms with Crippen LogP contribution in [0, 0.1) is 41.4 Å². The highest BCUT2D eigenvalue weighted by atomic mass is 16.5. The molecule has 2 saturated heterocycles. The van der Waals surface area contributed by atoms with Crippen LogP contribution in [0.15, 0.2) is 36.7 Å². The molecule has 2 fully saturated rings. The molecule has 0 radical (unpaired) electrons. The Labute approximate surface area is 310 Å². The largest absolute Gasteiger partial charge is 0.453 e. The summed E-state index contributed by atoms with van der Waals surface area (Å²) < 4.78 is 9.46. The first-order valence-electron chi connectivity index (χ1n) is 17.9. The number of carbonyl (C=O) groups excluding carboxylic acids is 4. The monoisotopic (exact) mass is 724 g/mol. The normalized spacial score (nSPS) is 19.2. The summed E-state index contributed by atoms with van der Waals surface area (Å²) in [6.45, 7) is 10.8. The van der Waals surface area contributed by atoms with Crippen molar-refractivity contribution in [1.29, 1.82) is 0 Å². The van der Waals surface area contributed by atoms with Gasteiger partial charge in [-0.05, 0) is 73.1 Å². The lowest BCUT2D eigenvalue weighted by Gasteiger charge is -2.30. The summed E-state index contributed by atoms with van der Waals surface area (Å²) in [5.74, 6) is 13.6. The van der Waals surface area contributed by atoms with E-state index in [1.54, 1.807) is 22.2 Å². The Hall–Kier alpha value is -5.76. The van der Waals surface area contributed by atoms with E-state index in [-0.39, 0.29) is 41.7 Å². The molecule has 4 heterocycles. The molecule has 2 aliphatic heterocycles. The summed E-state index contributed by atoms with van der Waals surface area (Å²) >= 11 is 0. The average Bonchev–Trinajstić information content (AvgIpc) is 3.97. The number of aromatic nitrogens is 4. The number of amides is 4. The van der Waals surface area contributed by atoms with Gasteiger partial charge < -0.3 is 39.9 Å². The number of methoxy groups -OCH3 is 2. The summed E-state index contributed by atoms with van der Waals surface area (Å²) in [4.78, 5) is 69.9. The molecule has 14 nitrogen and oxygen atoms in total. The van der Waals surface area contributed by atoms with Gasteiger partial charge in [-0.2, -0.15) is 0 Å². The minimum Gasteiger partial charge on any atom is -0.453 e. The SMILES string of the molecule is COC(=O)NC(C(=O)N1CCCC1c1ncc(C#Cc2ccc(C#Cc3cnc(C4CC(C)CN4C(=O)C(NC(=O)OC)C(C)C)[nH]3)cc2)[nH]1)C(C)C. The fourth-order valence-corrected chi connectivity index (χ4v) is 6.67. The minimum atomic E-state index is -0.712. The van der Waals surface area contributed by atoms with Crippen LogP contribution >= 0.6 is 0 Å². The molecule has 0 spiro atoms. The quantitative estimate of drug-likeness (QED) is 0.249. The van der Waals surface area contributed by atoms with E-state index in [9.17, 15) is 19.2 Å². The number of carbonyl (C=O) groups is 4. The molecule has 53 heavy (non-hydrogen) atoms. The van der Waals surface area contributed by atoms with E-state index in [1.807, 2.05) is 52.0 Å². The van der Waals surface area contributed by atoms with Gasteiger partial charge in [-0.1, -0.05) is 46.5 Å². The van der Waals surface area contributed by atoms with Gasteiger partial charge in [0.05, 0.1) is 38.7 Å². The maximum absolute atomic E-state index is 13.5. The number of nitrogens with one attached hydrogen (secondary N) is 4. The lowest BCUT2D eigenvalue weighted by Crippen LogP contribution is -2.51. The van der Waals surface area contributed by atoms with Crippen LogP contribution < -0.4 is 10.6 Å². The number of ether oxygens (including phenoxy) is 2. The number of H-pyrrole nitrogens is 2. The van der Waals surface area contributed by atoms with Crippen LogP contribution in [0.25, 0.3) is 0 Å². The van der Waals surface area contributed by atoms with Crippen LogP contribution in [-0.2, 0) is 19.1 Å². The lowest BCUT2D eigenvalue weighted by atomic mass is 10.0. The van der Waals surface area contributed by atoms with Crippen LogP contribution in [0.4, 0.5) is 9.59 Å². The Morgan fingerprint density at radius 1 is 0.755 bits per heavy atom. The number of rotatable bonds is 8. The highest BCUT2D eigenvalue weighted by Gasteiger charge is 2.40. The van der Waals surface area contributed by atoms with Crippen molar-refractivity contribution in [1.82, 2.24) is 40.4 Å². The van der Waals surface area contributed by atoms with E-state index in [0.717, 1.165) is 30.4 Å². The van der Waals surface area contributed by atoms with Gasteiger partial charge in [0, 0.05) is 24.2 Å². The van der Waals surface area contributed by atoms with Gasteiger partial charge in [-0.25, -0.2) is 19.6 Å². The zero-order chi connectivity index (χ0) is 38.2. The standard InChI is InChI=1S/C39H48N8O6/c1-23(2)32(44-38(50)52-6)36(48)46-18-8-9-30(46)34-40-20-28(42-34)16-14-26-10-12-27(13-11-26)15-17-29-21-41-35(43-29)31-19-25(5)22-47(31)37(49)33(24(3)4)45-39(51)53-7/h10-13,20-21,23-25,30-33H,8-9,18-19,22H2,1-7H3,(H,40,42)(H,41,43)(H,44,50)(H,45,51). The zero-order valence-electron chi connectivity index (χ0n) is 31.3. The first-order valence-corrected chi connectivity index (χ1v) is 17.9. The van der Waals surface area contributed by atoms with Crippen LogP contribution in [0.5, 0.6) is 0 Å². The molecule has 5 rings (SSSR count). The number of imidazole rings is 2. The van der Waals surface area contributed by atoms with Crippen molar-refractivity contribution in [2.75, 3.05) is 27.3 Å². The maximum Gasteiger partial charge on any atom is 0.407 e. The topological polar surface area (TPSA) is 175 Å². The number of nitrogens with zero attached hydrogens (tertiary/aromatic N) is 4. The van der Waals surface area contributed by atoms with E-state index < -0.39 is 24.3 Å². The summed E-state index contributed by atoms with van der Waals surface area (Å²) in [6, 6.07) is 5.65. The molecule has 0 aliphatic carbocycles. The van der Waals surface area contributed by atoms with E-state index in [4.69, 9.17) is 9.47 Å². The van der Waals surface area contributed by atoms with Crippen molar-refractivity contribution in [3.8, 4) is 23.7 Å². The van der Waals surface area contributed by atoms with Gasteiger partial charge in [0.25, 0.3) is 0 Å². The van der Waals surface area contributed by atoms with E-state index >= 15 is 0 Å². The van der Waals surface area contributed by atoms with Crippen molar-refractivity contribution in [3.63, 3.8) is 0 Å². The fraction of sp³-hybridized carbons (Fsp3) is 0.487. The molecule has 5 atom stereocenters. The van der Waals surface area contributed by atoms with Crippen molar-refractivity contribution in [2.45, 2.75) is 78.0 Å². The smallest absolute Gasteiger partial charge is 0.407 e. The Morgan fingerprint density at radius 2 is 1.23 bits per heavy atom. The number of alkyl carbamates (subject to hydrolysis) is 2. The van der Waals surface area contributed by atoms with Gasteiger partial charge >= 0.3 is 12.2 Å². The third-order valence-electron chi connectivity index (χ3n) is 9.50. The maximum atomic E-state index is 13.5. The summed E-state index contributed by atoms with van der Waals surface area (Å²) in [5.41, 5.74) is 2.84. The molecule has 5 unspecified atom stereocenters. The van der Waals surface area contributed by atoms with Gasteiger partial charge in [-0.3, -0.25) is 9.59 Å². The Balaban J connectivity index is 1.21. The molecular formula is C39H48N8O6. The number of benzene rings is 1. The van der Waals surface area contributed by atoms with Crippen molar-refractivity contribution >= 4 is 24.0 Å². The Morgan fingerprint density at radius 3 is 1.70 bits per heavy atom. The highest BCUT2D eigenvalue weighted by Crippen LogP contribution is 2.35. The first-order chi connectivity index (χ1) is 25.4. The highest BCUT2D eigenvalue weighted by molar-refractivity contribution is 5.87. The molecule has 280 valence electrons. The predicted octanol–water partition coefficient (Wildman–Crippen LogP) is 4.27. The molecule has 0 bridgehead atoms. The van der Waals surface area contributed by atoms with Crippen LogP contribution in [0.1, 0.15) is 100 Å². The van der Waals surface area contributed by atoms with Gasteiger partial charge in [0.15, 0.2) is 0 Å². The molecule has 14 heteroatoms. The van der Waals surface area contributed by atoms with Crippen molar-refractivity contribution in [2.24, 2.45) is 17.8 Å². The van der Waals surface area contributed by atoms with Gasteiger partial charge in [0.1, 0.15) is 35.1 Å². The molecule has 1 aromatic carbocycles. The predicted molar refractivity (Wildman–Crippen MR) is 196 cm³/mol. The molecule has 3 aromatic rings. The molecule has 0 saturated carbocycles. The molecule has 2 aromatic heterocycles. The van der Waals surface area contributed by atoms with Gasteiger partial charge in [0.2, 0.25) is 11.8 Å². The average molecular weight is 725 g/mol. The first kappa shape index (κ1) is 38.5. The van der Waals surface area contributed by atoms with Crippen LogP contribution in [0.2, 0.25) is 0 Å². The third-order valence-corrected chi connectivity index (χ3v) is 9.50. The molecular weight excluding hydrogens is 676 g/mol. The van der Waals surface area contributed by atoms with Crippen LogP contribution in [-0.4, -0.2) is 93.1 Å².